The molecule has 0 aromatic heterocycles. The van der Waals surface area contributed by atoms with Gasteiger partial charge in [0.2, 0.25) is 5.91 Å². The van der Waals surface area contributed by atoms with Crippen LogP contribution in [0.4, 0.5) is 0 Å². The smallest absolute Gasteiger partial charge is 0.236 e. The molecule has 94 valence electrons. The van der Waals surface area contributed by atoms with Gasteiger partial charge in [-0.15, -0.1) is 0 Å². The van der Waals surface area contributed by atoms with E-state index in [0.717, 1.165) is 26.3 Å². The molecule has 0 N–H and O–H groups in total. The van der Waals surface area contributed by atoms with Crippen LogP contribution in [0.25, 0.3) is 0 Å². The van der Waals surface area contributed by atoms with Gasteiger partial charge in [-0.3, -0.25) is 4.79 Å². The summed E-state index contributed by atoms with van der Waals surface area (Å²) >= 11 is 0. The van der Waals surface area contributed by atoms with E-state index < -0.39 is 0 Å². The lowest BCUT2D eigenvalue weighted by molar-refractivity contribution is -0.129. The summed E-state index contributed by atoms with van der Waals surface area (Å²) in [5.74, 6) is 0.455. The molecule has 1 amide bonds. The second-order valence-electron chi connectivity index (χ2n) is 5.18. The molecule has 4 heteroatoms. The van der Waals surface area contributed by atoms with E-state index in [-0.39, 0.29) is 12.3 Å². The summed E-state index contributed by atoms with van der Waals surface area (Å²) in [5, 5.41) is 8.58. The fraction of sp³-hybridized carbons (Fsp3) is 0.846. The second-order valence-corrected chi connectivity index (χ2v) is 5.18. The van der Waals surface area contributed by atoms with E-state index in [0.29, 0.717) is 11.3 Å². The Morgan fingerprint density at radius 1 is 1.59 bits per heavy atom. The molecule has 1 aliphatic carbocycles. The van der Waals surface area contributed by atoms with E-state index in [4.69, 9.17) is 10.00 Å². The van der Waals surface area contributed by atoms with Crippen LogP contribution in [0, 0.1) is 22.7 Å². The molecule has 1 saturated carbocycles. The lowest BCUT2D eigenvalue weighted by atomic mass is 9.63. The third-order valence-electron chi connectivity index (χ3n) is 4.27. The van der Waals surface area contributed by atoms with Crippen LogP contribution >= 0.6 is 0 Å². The zero-order valence-corrected chi connectivity index (χ0v) is 10.4. The fourth-order valence-corrected chi connectivity index (χ4v) is 3.09. The van der Waals surface area contributed by atoms with Gasteiger partial charge in [0, 0.05) is 25.6 Å². The normalized spacial score (nSPS) is 25.6. The Balaban J connectivity index is 1.97. The van der Waals surface area contributed by atoms with E-state index >= 15 is 0 Å². The van der Waals surface area contributed by atoms with Crippen LogP contribution in [0.15, 0.2) is 0 Å². The quantitative estimate of drug-likeness (QED) is 0.744. The molecule has 1 heterocycles. The number of amides is 1. The molecule has 0 aromatic carbocycles. The third-order valence-corrected chi connectivity index (χ3v) is 4.27. The van der Waals surface area contributed by atoms with Crippen molar-refractivity contribution in [3.8, 4) is 6.07 Å². The van der Waals surface area contributed by atoms with E-state index in [1.54, 1.807) is 0 Å². The number of nitrogens with zero attached hydrogens (tertiary/aromatic N) is 2. The molecule has 4 nitrogen and oxygen atoms in total. The predicted molar refractivity (Wildman–Crippen MR) is 63.1 cm³/mol. The predicted octanol–water partition coefficient (Wildman–Crippen LogP) is 1.57. The number of nitriles is 1. The highest BCUT2D eigenvalue weighted by Gasteiger charge is 2.51. The zero-order chi connectivity index (χ0) is 12.3. The van der Waals surface area contributed by atoms with Gasteiger partial charge in [-0.05, 0) is 25.2 Å². The first-order chi connectivity index (χ1) is 8.22. The average Bonchev–Trinajstić information content (AvgIpc) is 2.66. The van der Waals surface area contributed by atoms with Crippen molar-refractivity contribution in [1.82, 2.24) is 4.90 Å². The van der Waals surface area contributed by atoms with Crippen LogP contribution in [0.1, 0.15) is 32.6 Å². The molecule has 2 fully saturated rings. The highest BCUT2D eigenvalue weighted by molar-refractivity contribution is 5.78. The molecule has 0 radical (unpaired) electrons. The monoisotopic (exact) mass is 236 g/mol. The average molecular weight is 236 g/mol. The highest BCUT2D eigenvalue weighted by Crippen LogP contribution is 2.51. The molecule has 1 atom stereocenters. The minimum absolute atomic E-state index is 0.0113. The van der Waals surface area contributed by atoms with Gasteiger partial charge in [0.15, 0.2) is 0 Å². The zero-order valence-electron chi connectivity index (χ0n) is 10.4. The molecule has 1 saturated heterocycles. The fourth-order valence-electron chi connectivity index (χ4n) is 3.09. The summed E-state index contributed by atoms with van der Waals surface area (Å²) in [7, 11) is 0. The largest absolute Gasteiger partial charge is 0.381 e. The lowest BCUT2D eigenvalue weighted by Crippen LogP contribution is -2.39. The Kier molecular flexibility index (Phi) is 3.68. The summed E-state index contributed by atoms with van der Waals surface area (Å²) in [6.07, 6.45) is 3.70. The summed E-state index contributed by atoms with van der Waals surface area (Å²) in [6, 6.07) is 1.94. The van der Waals surface area contributed by atoms with Crippen LogP contribution < -0.4 is 0 Å². The molecular formula is C13H20N2O2. The van der Waals surface area contributed by atoms with Crippen molar-refractivity contribution in [2.45, 2.75) is 32.6 Å². The minimum atomic E-state index is -0.0160. The van der Waals surface area contributed by atoms with Gasteiger partial charge in [0.25, 0.3) is 0 Å². The maximum Gasteiger partial charge on any atom is 0.236 e. The Labute approximate surface area is 103 Å². The van der Waals surface area contributed by atoms with Crippen LogP contribution in [0.3, 0.4) is 0 Å². The summed E-state index contributed by atoms with van der Waals surface area (Å²) in [4.78, 5) is 13.6. The Hall–Kier alpha value is -1.08. The first-order valence-electron chi connectivity index (χ1n) is 6.44. The second kappa shape index (κ2) is 5.05. The minimum Gasteiger partial charge on any atom is -0.381 e. The Bertz CT molecular complexity index is 331. The molecule has 2 rings (SSSR count). The van der Waals surface area contributed by atoms with Gasteiger partial charge >= 0.3 is 0 Å². The van der Waals surface area contributed by atoms with Crippen LogP contribution in [0.2, 0.25) is 0 Å². The van der Waals surface area contributed by atoms with Gasteiger partial charge in [-0.2, -0.15) is 5.26 Å². The first-order valence-corrected chi connectivity index (χ1v) is 6.44. The van der Waals surface area contributed by atoms with E-state index in [1.165, 1.54) is 19.3 Å². The lowest BCUT2D eigenvalue weighted by Gasteiger charge is -2.42. The molecular weight excluding hydrogens is 216 g/mol. The van der Waals surface area contributed by atoms with Gasteiger partial charge in [0.05, 0.1) is 12.7 Å². The highest BCUT2D eigenvalue weighted by atomic mass is 16.5. The van der Waals surface area contributed by atoms with Crippen molar-refractivity contribution in [2.75, 3.05) is 26.3 Å². The van der Waals surface area contributed by atoms with Crippen LogP contribution in [-0.4, -0.2) is 37.1 Å². The topological polar surface area (TPSA) is 53.3 Å². The molecule has 0 aromatic rings. The molecule has 2 aliphatic rings. The Morgan fingerprint density at radius 2 is 2.35 bits per heavy atom. The molecule has 17 heavy (non-hydrogen) atoms. The summed E-state index contributed by atoms with van der Waals surface area (Å²) in [6.45, 7) is 5.11. The number of likely N-dealkylation sites (tertiary alicyclic amines) is 1. The Morgan fingerprint density at radius 3 is 2.88 bits per heavy atom. The van der Waals surface area contributed by atoms with Crippen molar-refractivity contribution in [3.63, 3.8) is 0 Å². The SMILES string of the molecule is CCOC[C@H]1CN(C(=O)CC#N)CC12CCC2. The third kappa shape index (κ3) is 2.30. The van der Waals surface area contributed by atoms with E-state index in [1.807, 2.05) is 17.9 Å². The number of carbonyl (C=O) groups excluding carboxylic acids is 1. The first kappa shape index (κ1) is 12.4. The molecule has 1 aliphatic heterocycles. The maximum absolute atomic E-state index is 11.8. The molecule has 1 spiro atoms. The molecule has 0 bridgehead atoms. The number of carbonyl (C=O) groups is 1. The van der Waals surface area contributed by atoms with Gasteiger partial charge in [-0.25, -0.2) is 0 Å². The number of rotatable bonds is 4. The van der Waals surface area contributed by atoms with Crippen molar-refractivity contribution >= 4 is 5.91 Å². The van der Waals surface area contributed by atoms with Crippen molar-refractivity contribution < 1.29 is 9.53 Å². The molecule has 0 unspecified atom stereocenters. The van der Waals surface area contributed by atoms with E-state index in [9.17, 15) is 4.79 Å². The number of hydrogen-bond donors (Lipinski definition) is 0. The van der Waals surface area contributed by atoms with Gasteiger partial charge < -0.3 is 9.64 Å². The number of ether oxygens (including phenoxy) is 1. The van der Waals surface area contributed by atoms with Gasteiger partial charge in [-0.1, -0.05) is 6.42 Å². The summed E-state index contributed by atoms with van der Waals surface area (Å²) in [5.41, 5.74) is 0.306. The van der Waals surface area contributed by atoms with Crippen molar-refractivity contribution in [2.24, 2.45) is 11.3 Å². The van der Waals surface area contributed by atoms with Crippen LogP contribution in [-0.2, 0) is 9.53 Å². The van der Waals surface area contributed by atoms with Crippen molar-refractivity contribution in [3.05, 3.63) is 0 Å². The van der Waals surface area contributed by atoms with Crippen LogP contribution in [0.5, 0.6) is 0 Å². The van der Waals surface area contributed by atoms with E-state index in [2.05, 4.69) is 0 Å². The number of hydrogen-bond acceptors (Lipinski definition) is 3. The van der Waals surface area contributed by atoms with Crippen molar-refractivity contribution in [1.29, 1.82) is 5.26 Å². The standard InChI is InChI=1S/C13H20N2O2/c1-2-17-9-11-8-15(12(16)4-7-14)10-13(11)5-3-6-13/h11H,2-6,8-10H2,1H3/t11-/m1/s1. The van der Waals surface area contributed by atoms with Gasteiger partial charge in [0.1, 0.15) is 6.42 Å². The summed E-state index contributed by atoms with van der Waals surface area (Å²) < 4.78 is 5.53. The maximum atomic E-state index is 11.8.